The largest absolute Gasteiger partial charge is 0.495 e. The molecule has 0 amide bonds. The maximum absolute atomic E-state index is 5.89. The normalized spacial score (nSPS) is 10.6. The molecule has 0 radical (unpaired) electrons. The highest BCUT2D eigenvalue weighted by Gasteiger charge is 2.06. The highest BCUT2D eigenvalue weighted by molar-refractivity contribution is 7.23. The van der Waals surface area contributed by atoms with Crippen molar-refractivity contribution in [1.82, 2.24) is 0 Å². The summed E-state index contributed by atoms with van der Waals surface area (Å²) in [4.78, 5) is 0. The van der Waals surface area contributed by atoms with Crippen LogP contribution in [0.5, 0.6) is 5.75 Å². The molecule has 0 atom stereocenters. The summed E-state index contributed by atoms with van der Waals surface area (Å²) in [5.41, 5.74) is 6.38. The first-order chi connectivity index (χ1) is 6.20. The van der Waals surface area contributed by atoms with Gasteiger partial charge in [-0.15, -0.1) is 11.3 Å². The van der Waals surface area contributed by atoms with Crippen molar-refractivity contribution in [3.05, 3.63) is 22.5 Å². The van der Waals surface area contributed by atoms with Crippen molar-refractivity contribution in [2.24, 2.45) is 0 Å². The zero-order chi connectivity index (χ0) is 9.42. The Balaban J connectivity index is 2.80. The molecule has 2 aromatic rings. The van der Waals surface area contributed by atoms with E-state index in [-0.39, 0.29) is 0 Å². The van der Waals surface area contributed by atoms with Gasteiger partial charge in [-0.3, -0.25) is 0 Å². The smallest absolute Gasteiger partial charge is 0.138 e. The van der Waals surface area contributed by atoms with Crippen molar-refractivity contribution in [3.63, 3.8) is 0 Å². The van der Waals surface area contributed by atoms with Crippen molar-refractivity contribution < 1.29 is 4.74 Å². The van der Waals surface area contributed by atoms with Crippen LogP contribution in [0.4, 0.5) is 5.69 Å². The molecule has 0 bridgehead atoms. The number of benzene rings is 1. The van der Waals surface area contributed by atoms with Crippen LogP contribution in [-0.4, -0.2) is 7.11 Å². The fourth-order valence-electron chi connectivity index (χ4n) is 1.26. The van der Waals surface area contributed by atoms with Crippen LogP contribution in [0.25, 0.3) is 10.1 Å². The Morgan fingerprint density at radius 2 is 2.15 bits per heavy atom. The van der Waals surface area contributed by atoms with Gasteiger partial charge in [0.1, 0.15) is 5.75 Å². The highest BCUT2D eigenvalue weighted by Crippen LogP contribution is 2.37. The molecule has 0 fully saturated rings. The standard InChI is InChI=1S/C9H8ClNOS/c1-12-7-4-6(11)2-5-3-8(10)13-9(5)7/h2-4H,11H2,1H3. The van der Waals surface area contributed by atoms with Gasteiger partial charge in [0, 0.05) is 11.8 Å². The molecule has 0 aliphatic heterocycles. The van der Waals surface area contributed by atoms with E-state index in [1.165, 1.54) is 11.3 Å². The molecule has 0 saturated heterocycles. The van der Waals surface area contributed by atoms with Gasteiger partial charge < -0.3 is 10.5 Å². The molecule has 2 N–H and O–H groups in total. The second-order valence-corrected chi connectivity index (χ2v) is 4.38. The third-order valence-electron chi connectivity index (χ3n) is 1.79. The van der Waals surface area contributed by atoms with Crippen LogP contribution in [0.1, 0.15) is 0 Å². The van der Waals surface area contributed by atoms with Gasteiger partial charge >= 0.3 is 0 Å². The summed E-state index contributed by atoms with van der Waals surface area (Å²) in [5.74, 6) is 0.784. The summed E-state index contributed by atoms with van der Waals surface area (Å²) < 4.78 is 6.99. The van der Waals surface area contributed by atoms with Gasteiger partial charge in [0.05, 0.1) is 16.1 Å². The minimum atomic E-state index is 0.693. The highest BCUT2D eigenvalue weighted by atomic mass is 35.5. The Bertz CT molecular complexity index is 452. The van der Waals surface area contributed by atoms with Gasteiger partial charge in [-0.25, -0.2) is 0 Å². The lowest BCUT2D eigenvalue weighted by Crippen LogP contribution is -1.87. The molecule has 2 nitrogen and oxygen atoms in total. The van der Waals surface area contributed by atoms with Crippen LogP contribution in [0.3, 0.4) is 0 Å². The summed E-state index contributed by atoms with van der Waals surface area (Å²) in [6.45, 7) is 0. The predicted octanol–water partition coefficient (Wildman–Crippen LogP) is 3.15. The molecule has 2 rings (SSSR count). The first-order valence-electron chi connectivity index (χ1n) is 3.73. The van der Waals surface area contributed by atoms with Gasteiger partial charge in [-0.2, -0.15) is 0 Å². The van der Waals surface area contributed by atoms with E-state index < -0.39 is 0 Å². The monoisotopic (exact) mass is 213 g/mol. The van der Waals surface area contributed by atoms with Crippen molar-refractivity contribution in [1.29, 1.82) is 0 Å². The third-order valence-corrected chi connectivity index (χ3v) is 3.09. The Hall–Kier alpha value is -0.930. The molecule has 0 unspecified atom stereocenters. The molecule has 0 spiro atoms. The zero-order valence-corrected chi connectivity index (χ0v) is 8.58. The predicted molar refractivity (Wildman–Crippen MR) is 57.8 cm³/mol. The Morgan fingerprint density at radius 3 is 2.85 bits per heavy atom. The van der Waals surface area contributed by atoms with E-state index in [9.17, 15) is 0 Å². The number of thiophene rings is 1. The molecular weight excluding hydrogens is 206 g/mol. The van der Waals surface area contributed by atoms with Crippen molar-refractivity contribution in [2.45, 2.75) is 0 Å². The van der Waals surface area contributed by atoms with Crippen molar-refractivity contribution in [2.75, 3.05) is 12.8 Å². The molecular formula is C9H8ClNOS. The Morgan fingerprint density at radius 1 is 1.38 bits per heavy atom. The zero-order valence-electron chi connectivity index (χ0n) is 7.00. The minimum absolute atomic E-state index is 0.693. The van der Waals surface area contributed by atoms with Gasteiger partial charge in [0.15, 0.2) is 0 Å². The second kappa shape index (κ2) is 3.09. The maximum atomic E-state index is 5.89. The van der Waals surface area contributed by atoms with Gasteiger partial charge in [0.2, 0.25) is 0 Å². The molecule has 68 valence electrons. The Kier molecular flexibility index (Phi) is 2.06. The number of hydrogen-bond acceptors (Lipinski definition) is 3. The average Bonchev–Trinajstić information content (AvgIpc) is 2.43. The molecule has 0 aliphatic rings. The van der Waals surface area contributed by atoms with Crippen LogP contribution < -0.4 is 10.5 Å². The lowest BCUT2D eigenvalue weighted by Gasteiger charge is -2.02. The lowest BCUT2D eigenvalue weighted by atomic mass is 10.2. The number of rotatable bonds is 1. The topological polar surface area (TPSA) is 35.2 Å². The lowest BCUT2D eigenvalue weighted by molar-refractivity contribution is 0.420. The van der Waals surface area contributed by atoms with Gasteiger partial charge in [0.25, 0.3) is 0 Å². The summed E-state index contributed by atoms with van der Waals surface area (Å²) in [6.07, 6.45) is 0. The third kappa shape index (κ3) is 1.45. The second-order valence-electron chi connectivity index (χ2n) is 2.69. The number of anilines is 1. The quantitative estimate of drug-likeness (QED) is 0.739. The SMILES string of the molecule is COc1cc(N)cc2cc(Cl)sc12. The van der Waals surface area contributed by atoms with E-state index in [4.69, 9.17) is 22.1 Å². The summed E-state index contributed by atoms with van der Waals surface area (Å²) >= 11 is 7.38. The van der Waals surface area contributed by atoms with Crippen LogP contribution >= 0.6 is 22.9 Å². The molecule has 4 heteroatoms. The molecule has 0 saturated carbocycles. The van der Waals surface area contributed by atoms with Crippen LogP contribution in [0.15, 0.2) is 18.2 Å². The number of fused-ring (bicyclic) bond motifs is 1. The number of nitrogens with two attached hydrogens (primary N) is 1. The first-order valence-corrected chi connectivity index (χ1v) is 4.92. The number of ether oxygens (including phenoxy) is 1. The van der Waals surface area contributed by atoms with E-state index >= 15 is 0 Å². The van der Waals surface area contributed by atoms with Crippen LogP contribution in [0.2, 0.25) is 4.34 Å². The number of nitrogen functional groups attached to an aromatic ring is 1. The fraction of sp³-hybridized carbons (Fsp3) is 0.111. The number of hydrogen-bond donors (Lipinski definition) is 1. The molecule has 1 aromatic carbocycles. The van der Waals surface area contributed by atoms with Gasteiger partial charge in [-0.1, -0.05) is 11.6 Å². The van der Waals surface area contributed by atoms with E-state index in [0.717, 1.165) is 20.2 Å². The van der Waals surface area contributed by atoms with Crippen LogP contribution in [-0.2, 0) is 0 Å². The summed E-state index contributed by atoms with van der Waals surface area (Å²) in [7, 11) is 1.63. The van der Waals surface area contributed by atoms with E-state index in [1.807, 2.05) is 12.1 Å². The molecule has 13 heavy (non-hydrogen) atoms. The molecule has 1 aromatic heterocycles. The first kappa shape index (κ1) is 8.66. The summed E-state index contributed by atoms with van der Waals surface area (Å²) in [5, 5.41) is 1.03. The minimum Gasteiger partial charge on any atom is -0.495 e. The van der Waals surface area contributed by atoms with E-state index in [1.54, 1.807) is 13.2 Å². The van der Waals surface area contributed by atoms with Crippen molar-refractivity contribution in [3.8, 4) is 5.75 Å². The Labute approximate surface area is 84.9 Å². The van der Waals surface area contributed by atoms with E-state index in [2.05, 4.69) is 0 Å². The number of halogens is 1. The molecule has 0 aliphatic carbocycles. The fourth-order valence-corrected chi connectivity index (χ4v) is 2.47. The maximum Gasteiger partial charge on any atom is 0.138 e. The van der Waals surface area contributed by atoms with Crippen LogP contribution in [0, 0.1) is 0 Å². The number of methoxy groups -OCH3 is 1. The average molecular weight is 214 g/mol. The van der Waals surface area contributed by atoms with E-state index in [0.29, 0.717) is 5.69 Å². The van der Waals surface area contributed by atoms with Gasteiger partial charge in [-0.05, 0) is 17.5 Å². The molecule has 1 heterocycles. The summed E-state index contributed by atoms with van der Waals surface area (Å²) in [6, 6.07) is 5.58. The van der Waals surface area contributed by atoms with Crippen molar-refractivity contribution >= 4 is 38.7 Å².